The number of rotatable bonds is 6. The number of benzene rings is 2. The molecule has 0 radical (unpaired) electrons. The molecule has 0 heterocycles. The Morgan fingerprint density at radius 3 is 2.54 bits per heavy atom. The van der Waals surface area contributed by atoms with E-state index in [4.69, 9.17) is 0 Å². The highest BCUT2D eigenvalue weighted by Gasteiger charge is 2.10. The molecule has 0 aliphatic carbocycles. The van der Waals surface area contributed by atoms with Crippen LogP contribution in [-0.2, 0) is 0 Å². The molecule has 24 heavy (non-hydrogen) atoms. The van der Waals surface area contributed by atoms with Crippen LogP contribution in [0, 0.1) is 15.9 Å². The van der Waals surface area contributed by atoms with Crippen molar-refractivity contribution in [3.05, 3.63) is 57.9 Å². The summed E-state index contributed by atoms with van der Waals surface area (Å²) in [4.78, 5) is 16.1. The number of phenols is 1. The van der Waals surface area contributed by atoms with Gasteiger partial charge in [0, 0.05) is 48.8 Å². The maximum atomic E-state index is 13.7. The molecule has 2 rings (SSSR count). The maximum absolute atomic E-state index is 13.7. The zero-order valence-corrected chi connectivity index (χ0v) is 13.4. The van der Waals surface area contributed by atoms with Crippen LogP contribution in [0.4, 0.5) is 21.5 Å². The van der Waals surface area contributed by atoms with Crippen LogP contribution in [0.2, 0.25) is 0 Å². The number of nitro groups is 1. The van der Waals surface area contributed by atoms with E-state index in [9.17, 15) is 19.6 Å². The number of halogens is 1. The van der Waals surface area contributed by atoms with Gasteiger partial charge in [0.2, 0.25) is 0 Å². The Balaban J connectivity index is 2.29. The molecule has 7 heteroatoms. The highest BCUT2D eigenvalue weighted by molar-refractivity contribution is 5.86. The smallest absolute Gasteiger partial charge is 0.271 e. The van der Waals surface area contributed by atoms with E-state index in [1.165, 1.54) is 6.21 Å². The fraction of sp³-hybridized carbons (Fsp3) is 0.235. The molecule has 6 nitrogen and oxygen atoms in total. The highest BCUT2D eigenvalue weighted by Crippen LogP contribution is 2.26. The van der Waals surface area contributed by atoms with E-state index in [0.717, 1.165) is 37.0 Å². The van der Waals surface area contributed by atoms with Gasteiger partial charge in [-0.15, -0.1) is 0 Å². The van der Waals surface area contributed by atoms with Gasteiger partial charge in [-0.3, -0.25) is 15.1 Å². The summed E-state index contributed by atoms with van der Waals surface area (Å²) in [6, 6.07) is 8.23. The lowest BCUT2D eigenvalue weighted by Gasteiger charge is -2.21. The van der Waals surface area contributed by atoms with Gasteiger partial charge in [0.15, 0.2) is 0 Å². The molecule has 0 aromatic heterocycles. The molecule has 0 aliphatic rings. The second-order valence-corrected chi connectivity index (χ2v) is 5.07. The van der Waals surface area contributed by atoms with Crippen LogP contribution in [0.25, 0.3) is 0 Å². The monoisotopic (exact) mass is 331 g/mol. The average molecular weight is 331 g/mol. The van der Waals surface area contributed by atoms with Gasteiger partial charge in [-0.2, -0.15) is 0 Å². The van der Waals surface area contributed by atoms with Gasteiger partial charge in [0.05, 0.1) is 4.92 Å². The van der Waals surface area contributed by atoms with Crippen molar-refractivity contribution in [3.63, 3.8) is 0 Å². The predicted octanol–water partition coefficient (Wildman–Crippen LogP) is 4.04. The van der Waals surface area contributed by atoms with E-state index in [1.807, 2.05) is 19.9 Å². The Bertz CT molecular complexity index is 774. The summed E-state index contributed by atoms with van der Waals surface area (Å²) < 4.78 is 13.7. The number of phenolic OH excluding ortho intramolecular Hbond substituents is 1. The Labute approximate surface area is 139 Å². The molecule has 2 aromatic carbocycles. The van der Waals surface area contributed by atoms with Gasteiger partial charge in [-0.05, 0) is 32.0 Å². The Morgan fingerprint density at radius 1 is 1.25 bits per heavy atom. The lowest BCUT2D eigenvalue weighted by Crippen LogP contribution is -2.21. The molecule has 0 unspecified atom stereocenters. The van der Waals surface area contributed by atoms with Crippen molar-refractivity contribution in [2.45, 2.75) is 13.8 Å². The van der Waals surface area contributed by atoms with Crippen molar-refractivity contribution in [2.75, 3.05) is 18.0 Å². The van der Waals surface area contributed by atoms with Crippen molar-refractivity contribution >= 4 is 23.3 Å². The molecule has 0 saturated carbocycles. The molecule has 126 valence electrons. The van der Waals surface area contributed by atoms with Gasteiger partial charge in [0.1, 0.15) is 17.3 Å². The minimum Gasteiger partial charge on any atom is -0.507 e. The lowest BCUT2D eigenvalue weighted by atomic mass is 10.1. The fourth-order valence-corrected chi connectivity index (χ4v) is 2.28. The van der Waals surface area contributed by atoms with Crippen molar-refractivity contribution in [3.8, 4) is 5.75 Å². The summed E-state index contributed by atoms with van der Waals surface area (Å²) >= 11 is 0. The zero-order valence-electron chi connectivity index (χ0n) is 13.4. The van der Waals surface area contributed by atoms with Crippen LogP contribution in [0.1, 0.15) is 19.4 Å². The van der Waals surface area contributed by atoms with Crippen LogP contribution in [0.5, 0.6) is 5.75 Å². The molecule has 0 bridgehead atoms. The summed E-state index contributed by atoms with van der Waals surface area (Å²) in [6.45, 7) is 5.65. The van der Waals surface area contributed by atoms with Crippen molar-refractivity contribution in [2.24, 2.45) is 4.99 Å². The maximum Gasteiger partial charge on any atom is 0.271 e. The number of anilines is 1. The molecule has 2 aromatic rings. The van der Waals surface area contributed by atoms with E-state index in [2.05, 4.69) is 9.89 Å². The van der Waals surface area contributed by atoms with Crippen LogP contribution >= 0.6 is 0 Å². The van der Waals surface area contributed by atoms with E-state index in [0.29, 0.717) is 5.56 Å². The molecule has 0 aliphatic heterocycles. The SMILES string of the molecule is CCN(CC)c1ccc(C=Nc2cc([N+](=O)[O-])ccc2F)c(O)c1. The van der Waals surface area contributed by atoms with Crippen molar-refractivity contribution in [1.29, 1.82) is 0 Å². The summed E-state index contributed by atoms with van der Waals surface area (Å²) in [5.41, 5.74) is 0.870. The Morgan fingerprint density at radius 2 is 1.96 bits per heavy atom. The number of aliphatic imine (C=N–C) groups is 1. The first-order valence-corrected chi connectivity index (χ1v) is 7.52. The summed E-state index contributed by atoms with van der Waals surface area (Å²) in [5.74, 6) is -0.662. The van der Waals surface area contributed by atoms with Gasteiger partial charge < -0.3 is 10.0 Å². The third-order valence-corrected chi connectivity index (χ3v) is 3.63. The van der Waals surface area contributed by atoms with Crippen LogP contribution in [0.15, 0.2) is 41.4 Å². The number of hydrogen-bond acceptors (Lipinski definition) is 5. The number of non-ortho nitro benzene ring substituents is 1. The first-order chi connectivity index (χ1) is 11.5. The number of nitrogens with zero attached hydrogens (tertiary/aromatic N) is 3. The predicted molar refractivity (Wildman–Crippen MR) is 92.0 cm³/mol. The Hall–Kier alpha value is -2.96. The van der Waals surface area contributed by atoms with E-state index in [1.54, 1.807) is 12.1 Å². The largest absolute Gasteiger partial charge is 0.507 e. The molecule has 1 N–H and O–H groups in total. The molecular weight excluding hydrogens is 313 g/mol. The van der Waals surface area contributed by atoms with Crippen LogP contribution in [0.3, 0.4) is 0 Å². The second-order valence-electron chi connectivity index (χ2n) is 5.07. The quantitative estimate of drug-likeness (QED) is 0.492. The average Bonchev–Trinajstić information content (AvgIpc) is 2.56. The molecule has 0 fully saturated rings. The molecule has 0 atom stereocenters. The Kier molecular flexibility index (Phi) is 5.47. The molecule has 0 spiro atoms. The van der Waals surface area contributed by atoms with Crippen LogP contribution in [-0.4, -0.2) is 29.3 Å². The minimum atomic E-state index is -0.670. The number of nitro benzene ring substituents is 1. The van der Waals surface area contributed by atoms with Crippen molar-refractivity contribution < 1.29 is 14.4 Å². The highest BCUT2D eigenvalue weighted by atomic mass is 19.1. The lowest BCUT2D eigenvalue weighted by molar-refractivity contribution is -0.384. The van der Waals surface area contributed by atoms with E-state index in [-0.39, 0.29) is 17.1 Å². The van der Waals surface area contributed by atoms with Gasteiger partial charge in [0.25, 0.3) is 5.69 Å². The standard InChI is InChI=1S/C17H18FN3O3/c1-3-20(4-2)13-6-5-12(17(22)10-13)11-19-16-9-14(21(23)24)7-8-15(16)18/h5-11,22H,3-4H2,1-2H3. The second kappa shape index (κ2) is 7.54. The van der Waals surface area contributed by atoms with Gasteiger partial charge in [-0.1, -0.05) is 0 Å². The van der Waals surface area contributed by atoms with Gasteiger partial charge in [-0.25, -0.2) is 4.39 Å². The molecule has 0 saturated heterocycles. The number of aromatic hydroxyl groups is 1. The summed E-state index contributed by atoms with van der Waals surface area (Å²) in [5, 5.41) is 20.8. The topological polar surface area (TPSA) is 79.0 Å². The van der Waals surface area contributed by atoms with E-state index < -0.39 is 10.7 Å². The fourth-order valence-electron chi connectivity index (χ4n) is 2.28. The summed E-state index contributed by atoms with van der Waals surface area (Å²) in [7, 11) is 0. The van der Waals surface area contributed by atoms with Gasteiger partial charge >= 0.3 is 0 Å². The third-order valence-electron chi connectivity index (χ3n) is 3.63. The number of hydrogen-bond donors (Lipinski definition) is 1. The summed E-state index contributed by atoms with van der Waals surface area (Å²) in [6.07, 6.45) is 1.28. The first kappa shape index (κ1) is 17.4. The first-order valence-electron chi connectivity index (χ1n) is 7.52. The minimum absolute atomic E-state index is 0.00832. The normalized spacial score (nSPS) is 11.0. The molecular formula is C17H18FN3O3. The molecule has 0 amide bonds. The zero-order chi connectivity index (χ0) is 17.7. The van der Waals surface area contributed by atoms with Crippen LogP contribution < -0.4 is 4.90 Å². The van der Waals surface area contributed by atoms with E-state index >= 15 is 0 Å². The van der Waals surface area contributed by atoms with Crippen molar-refractivity contribution in [1.82, 2.24) is 0 Å². The third kappa shape index (κ3) is 3.87.